The maximum absolute atomic E-state index is 12.8. The molecule has 30 heavy (non-hydrogen) atoms. The van der Waals surface area contributed by atoms with Crippen LogP contribution in [0.15, 0.2) is 101 Å². The molecule has 3 aromatic carbocycles. The average Bonchev–Trinajstić information content (AvgIpc) is 3.26. The van der Waals surface area contributed by atoms with Gasteiger partial charge in [0.05, 0.1) is 14.5 Å². The summed E-state index contributed by atoms with van der Waals surface area (Å²) in [5, 5.41) is 0. The Morgan fingerprint density at radius 2 is 1.23 bits per heavy atom. The van der Waals surface area contributed by atoms with Crippen LogP contribution in [0.5, 0.6) is 0 Å². The molecule has 0 bridgehead atoms. The minimum atomic E-state index is -0.516. The van der Waals surface area contributed by atoms with Crippen LogP contribution in [-0.2, 0) is 4.75 Å². The van der Waals surface area contributed by atoms with E-state index in [9.17, 15) is 4.79 Å². The van der Waals surface area contributed by atoms with E-state index in [2.05, 4.69) is 77.8 Å². The van der Waals surface area contributed by atoms with Gasteiger partial charge in [-0.05, 0) is 16.7 Å². The van der Waals surface area contributed by atoms with Crippen molar-refractivity contribution in [2.45, 2.75) is 8.96 Å². The number of rotatable bonds is 6. The van der Waals surface area contributed by atoms with Crippen molar-refractivity contribution in [1.82, 2.24) is 9.88 Å². The fourth-order valence-corrected chi connectivity index (χ4v) is 5.98. The van der Waals surface area contributed by atoms with Gasteiger partial charge in [0, 0.05) is 14.1 Å². The van der Waals surface area contributed by atoms with E-state index in [0.29, 0.717) is 5.69 Å². The molecule has 0 spiro atoms. The number of amides is 1. The molecule has 0 saturated heterocycles. The molecule has 5 heteroatoms. The standard InChI is InChI=1S/C25H22N2OS2/c1-27(2)23(28)22-24(29-18-26-22)30-25(19-12-6-3-7-13-19,20-14-8-4-9-15-20)21-16-10-5-11-17-21/h3-18H,1-2H3. The fourth-order valence-electron chi connectivity index (χ4n) is 3.50. The fraction of sp³-hybridized carbons (Fsp3) is 0.120. The quantitative estimate of drug-likeness (QED) is 0.281. The number of aromatic nitrogens is 1. The minimum Gasteiger partial charge on any atom is -0.343 e. The van der Waals surface area contributed by atoms with E-state index in [1.165, 1.54) is 11.3 Å². The number of carbonyl (C=O) groups is 1. The van der Waals surface area contributed by atoms with Gasteiger partial charge in [-0.25, -0.2) is 4.98 Å². The highest BCUT2D eigenvalue weighted by Gasteiger charge is 2.39. The Hall–Kier alpha value is -2.89. The van der Waals surface area contributed by atoms with Crippen LogP contribution in [-0.4, -0.2) is 29.9 Å². The molecule has 0 N–H and O–H groups in total. The zero-order valence-electron chi connectivity index (χ0n) is 16.9. The second-order valence-corrected chi connectivity index (χ2v) is 9.41. The van der Waals surface area contributed by atoms with Gasteiger partial charge in [0.2, 0.25) is 0 Å². The number of thiazole rings is 1. The molecule has 0 radical (unpaired) electrons. The average molecular weight is 431 g/mol. The smallest absolute Gasteiger partial charge is 0.273 e. The topological polar surface area (TPSA) is 33.2 Å². The first-order valence-electron chi connectivity index (χ1n) is 9.63. The Morgan fingerprint density at radius 1 is 0.800 bits per heavy atom. The lowest BCUT2D eigenvalue weighted by atomic mass is 9.84. The lowest BCUT2D eigenvalue weighted by Crippen LogP contribution is -2.27. The number of thioether (sulfide) groups is 1. The zero-order chi connectivity index (χ0) is 21.0. The van der Waals surface area contributed by atoms with Gasteiger partial charge >= 0.3 is 0 Å². The van der Waals surface area contributed by atoms with Gasteiger partial charge in [-0.2, -0.15) is 0 Å². The second kappa shape index (κ2) is 8.86. The van der Waals surface area contributed by atoms with Crippen LogP contribution in [0.4, 0.5) is 0 Å². The summed E-state index contributed by atoms with van der Waals surface area (Å²) in [5.74, 6) is -0.0816. The Kier molecular flexibility index (Phi) is 6.02. The first-order valence-corrected chi connectivity index (χ1v) is 11.3. The molecule has 0 aliphatic rings. The molecule has 1 heterocycles. The second-order valence-electron chi connectivity index (χ2n) is 7.07. The van der Waals surface area contributed by atoms with Crippen LogP contribution in [0.25, 0.3) is 0 Å². The van der Waals surface area contributed by atoms with E-state index in [1.54, 1.807) is 36.3 Å². The van der Waals surface area contributed by atoms with E-state index >= 15 is 0 Å². The van der Waals surface area contributed by atoms with Gasteiger partial charge in [0.1, 0.15) is 0 Å². The number of benzene rings is 3. The van der Waals surface area contributed by atoms with Crippen molar-refractivity contribution in [3.8, 4) is 0 Å². The van der Waals surface area contributed by atoms with E-state index in [4.69, 9.17) is 0 Å². The van der Waals surface area contributed by atoms with Crippen molar-refractivity contribution in [3.05, 3.63) is 119 Å². The summed E-state index contributed by atoms with van der Waals surface area (Å²) < 4.78 is 0.391. The van der Waals surface area contributed by atoms with Crippen molar-refractivity contribution in [3.63, 3.8) is 0 Å². The summed E-state index contributed by atoms with van der Waals surface area (Å²) in [4.78, 5) is 18.8. The van der Waals surface area contributed by atoms with Crippen LogP contribution in [0, 0.1) is 0 Å². The Morgan fingerprint density at radius 3 is 1.63 bits per heavy atom. The molecule has 4 aromatic rings. The Labute approximate surface area is 185 Å². The molecule has 150 valence electrons. The third kappa shape index (κ3) is 3.78. The zero-order valence-corrected chi connectivity index (χ0v) is 18.5. The summed E-state index contributed by atoms with van der Waals surface area (Å²) in [5.41, 5.74) is 5.73. The van der Waals surface area contributed by atoms with Crippen molar-refractivity contribution >= 4 is 29.0 Å². The number of carbonyl (C=O) groups excluding carboxylic acids is 1. The normalized spacial score (nSPS) is 11.3. The summed E-state index contributed by atoms with van der Waals surface area (Å²) in [6.07, 6.45) is 0. The van der Waals surface area contributed by atoms with E-state index in [1.807, 2.05) is 18.2 Å². The minimum absolute atomic E-state index is 0.0816. The molecule has 0 aliphatic carbocycles. The molecular weight excluding hydrogens is 408 g/mol. The molecule has 0 saturated carbocycles. The first-order chi connectivity index (χ1) is 14.6. The van der Waals surface area contributed by atoms with Crippen LogP contribution >= 0.6 is 23.1 Å². The molecule has 1 aromatic heterocycles. The van der Waals surface area contributed by atoms with Crippen molar-refractivity contribution < 1.29 is 4.79 Å². The van der Waals surface area contributed by atoms with Crippen molar-refractivity contribution in [2.75, 3.05) is 14.1 Å². The largest absolute Gasteiger partial charge is 0.343 e. The van der Waals surface area contributed by atoms with Crippen LogP contribution in [0.2, 0.25) is 0 Å². The van der Waals surface area contributed by atoms with Gasteiger partial charge in [-0.15, -0.1) is 11.3 Å². The van der Waals surface area contributed by atoms with E-state index in [0.717, 1.165) is 20.9 Å². The summed E-state index contributed by atoms with van der Waals surface area (Å²) in [7, 11) is 3.52. The molecule has 0 aliphatic heterocycles. The predicted molar refractivity (Wildman–Crippen MR) is 125 cm³/mol. The van der Waals surface area contributed by atoms with Gasteiger partial charge in [-0.3, -0.25) is 4.79 Å². The predicted octanol–water partition coefficient (Wildman–Crippen LogP) is 5.93. The summed E-state index contributed by atoms with van der Waals surface area (Å²) in [6.45, 7) is 0. The molecule has 0 fully saturated rings. The van der Waals surface area contributed by atoms with E-state index < -0.39 is 4.75 Å². The first kappa shape index (κ1) is 20.4. The SMILES string of the molecule is CN(C)C(=O)c1ncsc1SC(c1ccccc1)(c1ccccc1)c1ccccc1. The van der Waals surface area contributed by atoms with Crippen LogP contribution < -0.4 is 0 Å². The maximum Gasteiger partial charge on any atom is 0.273 e. The molecule has 3 nitrogen and oxygen atoms in total. The lowest BCUT2D eigenvalue weighted by molar-refractivity contribution is 0.0819. The molecule has 4 rings (SSSR count). The number of nitrogens with zero attached hydrogens (tertiary/aromatic N) is 2. The Balaban J connectivity index is 1.97. The third-order valence-electron chi connectivity index (χ3n) is 4.93. The lowest BCUT2D eigenvalue weighted by Gasteiger charge is -2.35. The highest BCUT2D eigenvalue weighted by atomic mass is 32.2. The van der Waals surface area contributed by atoms with Crippen LogP contribution in [0.3, 0.4) is 0 Å². The van der Waals surface area contributed by atoms with Crippen molar-refractivity contribution in [2.24, 2.45) is 0 Å². The van der Waals surface area contributed by atoms with Crippen LogP contribution in [0.1, 0.15) is 27.2 Å². The maximum atomic E-state index is 12.8. The molecular formula is C25H22N2OS2. The molecule has 0 atom stereocenters. The highest BCUT2D eigenvalue weighted by Crippen LogP contribution is 2.53. The monoisotopic (exact) mass is 430 g/mol. The molecule has 1 amide bonds. The Bertz CT molecular complexity index is 1010. The molecule has 0 unspecified atom stereocenters. The van der Waals surface area contributed by atoms with E-state index in [-0.39, 0.29) is 5.91 Å². The van der Waals surface area contributed by atoms with Gasteiger partial charge in [-0.1, -0.05) is 103 Å². The van der Waals surface area contributed by atoms with Gasteiger partial charge in [0.15, 0.2) is 5.69 Å². The highest BCUT2D eigenvalue weighted by molar-refractivity contribution is 8.02. The third-order valence-corrected chi connectivity index (χ3v) is 7.48. The summed E-state index contributed by atoms with van der Waals surface area (Å²) in [6, 6.07) is 31.4. The number of hydrogen-bond donors (Lipinski definition) is 0. The summed E-state index contributed by atoms with van der Waals surface area (Å²) >= 11 is 3.19. The number of hydrogen-bond acceptors (Lipinski definition) is 4. The van der Waals surface area contributed by atoms with Gasteiger partial charge < -0.3 is 4.90 Å². The van der Waals surface area contributed by atoms with Gasteiger partial charge in [0.25, 0.3) is 5.91 Å². The van der Waals surface area contributed by atoms with Crippen molar-refractivity contribution in [1.29, 1.82) is 0 Å².